The first-order valence-electron chi connectivity index (χ1n) is 11.0. The minimum absolute atomic E-state index is 0.293. The van der Waals surface area contributed by atoms with Crippen LogP contribution >= 0.6 is 11.3 Å². The van der Waals surface area contributed by atoms with E-state index in [9.17, 15) is 14.7 Å². The zero-order valence-electron chi connectivity index (χ0n) is 19.0. The molecule has 1 aliphatic heterocycles. The smallest absolute Gasteiger partial charge is 0.337 e. The summed E-state index contributed by atoms with van der Waals surface area (Å²) >= 11 is 1.69. The number of allylic oxidation sites excluding steroid dienone is 1. The van der Waals surface area contributed by atoms with Crippen molar-refractivity contribution in [3.05, 3.63) is 56.7 Å². The van der Waals surface area contributed by atoms with Crippen LogP contribution in [0.1, 0.15) is 63.6 Å². The Bertz CT molecular complexity index is 1220. The third-order valence-electron chi connectivity index (χ3n) is 6.17. The van der Waals surface area contributed by atoms with E-state index in [-0.39, 0.29) is 0 Å². The number of nitrogens with one attached hydrogen (secondary N) is 3. The predicted octanol–water partition coefficient (Wildman–Crippen LogP) is 5.05. The summed E-state index contributed by atoms with van der Waals surface area (Å²) in [5.41, 5.74) is 6.68. The number of carbonyl (C=O) groups excluding carboxylic acids is 1. The number of aromatic carboxylic acids is 1. The second-order valence-corrected chi connectivity index (χ2v) is 9.32. The van der Waals surface area contributed by atoms with Crippen LogP contribution in [-0.4, -0.2) is 40.5 Å². The van der Waals surface area contributed by atoms with Gasteiger partial charge in [0.05, 0.1) is 16.3 Å². The highest BCUT2D eigenvalue weighted by atomic mass is 32.1. The van der Waals surface area contributed by atoms with Crippen LogP contribution in [0.25, 0.3) is 22.9 Å². The number of H-pyrrole nitrogens is 1. The molecule has 2 aromatic heterocycles. The molecular weight excluding hydrogens is 436 g/mol. The molecule has 0 bridgehead atoms. The van der Waals surface area contributed by atoms with Crippen molar-refractivity contribution in [3.63, 3.8) is 0 Å². The lowest BCUT2D eigenvalue weighted by Gasteiger charge is -2.20. The Morgan fingerprint density at radius 3 is 2.82 bits per heavy atom. The maximum atomic E-state index is 11.6. The van der Waals surface area contributed by atoms with E-state index in [1.54, 1.807) is 25.2 Å². The van der Waals surface area contributed by atoms with E-state index in [0.717, 1.165) is 52.6 Å². The molecule has 33 heavy (non-hydrogen) atoms. The molecule has 1 fully saturated rings. The van der Waals surface area contributed by atoms with Gasteiger partial charge < -0.3 is 20.7 Å². The Morgan fingerprint density at radius 1 is 1.33 bits per heavy atom. The van der Waals surface area contributed by atoms with Crippen LogP contribution < -0.4 is 10.6 Å². The third kappa shape index (κ3) is 4.77. The summed E-state index contributed by atoms with van der Waals surface area (Å²) in [6, 6.07) is 5.87. The number of amides is 1. The molecule has 1 atom stereocenters. The number of anilines is 1. The van der Waals surface area contributed by atoms with Crippen molar-refractivity contribution in [2.45, 2.75) is 39.5 Å². The number of carboxylic acid groups (broad SMARTS) is 1. The maximum absolute atomic E-state index is 11.6. The van der Waals surface area contributed by atoms with E-state index in [0.29, 0.717) is 34.8 Å². The van der Waals surface area contributed by atoms with Gasteiger partial charge in [0.25, 0.3) is 0 Å². The normalized spacial score (nSPS) is 16.6. The molecule has 1 aliphatic rings. The number of carbonyl (C=O) groups is 2. The van der Waals surface area contributed by atoms with Crippen LogP contribution in [0.2, 0.25) is 0 Å². The number of rotatable bonds is 7. The van der Waals surface area contributed by atoms with Gasteiger partial charge in [0.2, 0.25) is 6.41 Å². The van der Waals surface area contributed by atoms with Gasteiger partial charge in [-0.3, -0.25) is 4.79 Å². The number of thiazole rings is 1. The molecule has 8 heteroatoms. The Kier molecular flexibility index (Phi) is 6.76. The second-order valence-electron chi connectivity index (χ2n) is 8.43. The summed E-state index contributed by atoms with van der Waals surface area (Å²) in [4.78, 5) is 30.8. The fourth-order valence-corrected chi connectivity index (χ4v) is 5.39. The molecular formula is C25H28N4O3S. The highest BCUT2D eigenvalue weighted by Gasteiger charge is 2.20. The molecule has 3 heterocycles. The Balaban J connectivity index is 1.71. The number of nitrogens with zero attached hydrogens (tertiary/aromatic N) is 1. The first kappa shape index (κ1) is 22.9. The van der Waals surface area contributed by atoms with Crippen molar-refractivity contribution in [2.75, 3.05) is 18.4 Å². The van der Waals surface area contributed by atoms with Gasteiger partial charge in [0.1, 0.15) is 0 Å². The molecule has 1 aromatic carbocycles. The monoisotopic (exact) mass is 464 g/mol. The molecule has 1 amide bonds. The minimum atomic E-state index is -0.948. The van der Waals surface area contributed by atoms with Gasteiger partial charge in [-0.15, -0.1) is 11.3 Å². The van der Waals surface area contributed by atoms with Crippen molar-refractivity contribution in [2.24, 2.45) is 0 Å². The molecule has 0 spiro atoms. The first-order chi connectivity index (χ1) is 15.9. The number of aromatic nitrogens is 2. The topological polar surface area (TPSA) is 107 Å². The van der Waals surface area contributed by atoms with Gasteiger partial charge in [0, 0.05) is 46.0 Å². The second kappa shape index (κ2) is 9.72. The lowest BCUT2D eigenvalue weighted by Crippen LogP contribution is -2.28. The lowest BCUT2D eigenvalue weighted by atomic mass is 9.98. The van der Waals surface area contributed by atoms with E-state index < -0.39 is 5.97 Å². The Hall–Kier alpha value is -3.23. The third-order valence-corrected chi connectivity index (χ3v) is 7.18. The lowest BCUT2D eigenvalue weighted by molar-refractivity contribution is -0.105. The van der Waals surface area contributed by atoms with Crippen molar-refractivity contribution < 1.29 is 14.7 Å². The highest BCUT2D eigenvalue weighted by molar-refractivity contribution is 7.10. The Morgan fingerprint density at radius 2 is 2.15 bits per heavy atom. The fraction of sp³-hybridized carbons (Fsp3) is 0.320. The van der Waals surface area contributed by atoms with Crippen molar-refractivity contribution >= 4 is 41.1 Å². The van der Waals surface area contributed by atoms with Crippen molar-refractivity contribution in [1.82, 2.24) is 15.3 Å². The minimum Gasteiger partial charge on any atom is -0.478 e. The number of hydrogen-bond acceptors (Lipinski definition) is 5. The predicted molar refractivity (Wildman–Crippen MR) is 133 cm³/mol. The quantitative estimate of drug-likeness (QED) is 0.366. The van der Waals surface area contributed by atoms with Gasteiger partial charge in [-0.1, -0.05) is 6.07 Å². The highest BCUT2D eigenvalue weighted by Crippen LogP contribution is 2.34. The van der Waals surface area contributed by atoms with Crippen molar-refractivity contribution in [3.8, 4) is 11.3 Å². The average Bonchev–Trinajstić information content (AvgIpc) is 3.39. The molecule has 1 saturated heterocycles. The molecule has 172 valence electrons. The van der Waals surface area contributed by atoms with Gasteiger partial charge in [-0.25, -0.2) is 9.78 Å². The van der Waals surface area contributed by atoms with Crippen LogP contribution in [0.4, 0.5) is 5.69 Å². The van der Waals surface area contributed by atoms with Crippen LogP contribution in [-0.2, 0) is 4.79 Å². The van der Waals surface area contributed by atoms with Crippen LogP contribution in [0, 0.1) is 13.8 Å². The molecule has 0 saturated carbocycles. The van der Waals surface area contributed by atoms with E-state index in [2.05, 4.69) is 21.0 Å². The molecule has 3 aromatic rings. The number of carboxylic acids is 1. The van der Waals surface area contributed by atoms with E-state index in [1.807, 2.05) is 31.2 Å². The molecule has 4 rings (SSSR count). The van der Waals surface area contributed by atoms with Crippen LogP contribution in [0.3, 0.4) is 0 Å². The summed E-state index contributed by atoms with van der Waals surface area (Å²) in [5, 5.41) is 18.9. The molecule has 4 N–H and O–H groups in total. The fourth-order valence-electron chi connectivity index (χ4n) is 4.42. The summed E-state index contributed by atoms with van der Waals surface area (Å²) in [7, 11) is 0. The first-order valence-corrected chi connectivity index (χ1v) is 11.9. The molecule has 0 aliphatic carbocycles. The largest absolute Gasteiger partial charge is 0.478 e. The maximum Gasteiger partial charge on any atom is 0.337 e. The number of aryl methyl sites for hydroxylation is 1. The summed E-state index contributed by atoms with van der Waals surface area (Å²) in [6.45, 7) is 7.54. The molecule has 1 unspecified atom stereocenters. The van der Waals surface area contributed by atoms with Gasteiger partial charge in [0.15, 0.2) is 0 Å². The van der Waals surface area contributed by atoms with E-state index in [1.165, 1.54) is 6.42 Å². The standard InChI is InChI=1S/C25H28N4O3S/c1-14(9-21-15(2)23(25(31)32)16(3)28-21)19-10-17(6-7-20(19)27-13-30)22-12-33-24(29-22)18-5-4-8-26-11-18/h6-7,9-10,12-13,18,26,28H,4-5,8,11H2,1-3H3,(H,27,30)(H,31,32)/b14-9+. The van der Waals surface area contributed by atoms with Crippen LogP contribution in [0.15, 0.2) is 23.6 Å². The Labute approximate surface area is 197 Å². The molecule has 7 nitrogen and oxygen atoms in total. The van der Waals surface area contributed by atoms with Gasteiger partial charge in [-0.05, 0) is 69.5 Å². The summed E-state index contributed by atoms with van der Waals surface area (Å²) < 4.78 is 0. The SMILES string of the molecule is C/C(=C\c1[nH]c(C)c(C(=O)O)c1C)c1cc(-c2csc(C3CCCNC3)n2)ccc1NC=O. The molecule has 0 radical (unpaired) electrons. The average molecular weight is 465 g/mol. The zero-order valence-corrected chi connectivity index (χ0v) is 19.8. The number of piperidine rings is 1. The number of aromatic amines is 1. The number of benzene rings is 1. The van der Waals surface area contributed by atoms with Gasteiger partial charge >= 0.3 is 5.97 Å². The summed E-state index contributed by atoms with van der Waals surface area (Å²) in [5.74, 6) is -0.492. The van der Waals surface area contributed by atoms with E-state index >= 15 is 0 Å². The van der Waals surface area contributed by atoms with Crippen molar-refractivity contribution in [1.29, 1.82) is 0 Å². The summed E-state index contributed by atoms with van der Waals surface area (Å²) in [6.07, 6.45) is 4.91. The number of hydrogen-bond donors (Lipinski definition) is 4. The zero-order chi connectivity index (χ0) is 23.5. The van der Waals surface area contributed by atoms with Crippen LogP contribution in [0.5, 0.6) is 0 Å². The van der Waals surface area contributed by atoms with E-state index in [4.69, 9.17) is 4.98 Å². The van der Waals surface area contributed by atoms with Gasteiger partial charge in [-0.2, -0.15) is 0 Å².